The van der Waals surface area contributed by atoms with Crippen molar-refractivity contribution in [1.29, 1.82) is 0 Å². The number of hydrogen-bond donors (Lipinski definition) is 1. The predicted molar refractivity (Wildman–Crippen MR) is 114 cm³/mol. The van der Waals surface area contributed by atoms with E-state index in [2.05, 4.69) is 10.2 Å². The zero-order valence-electron chi connectivity index (χ0n) is 15.9. The molecule has 7 heteroatoms. The van der Waals surface area contributed by atoms with Crippen LogP contribution in [0.4, 0.5) is 0 Å². The zero-order chi connectivity index (χ0) is 18.6. The van der Waals surface area contributed by atoms with Crippen LogP contribution in [0.1, 0.15) is 12.7 Å². The molecule has 0 bridgehead atoms. The molecule has 0 unspecified atom stereocenters. The van der Waals surface area contributed by atoms with Crippen molar-refractivity contribution in [2.45, 2.75) is 13.5 Å². The quantitative estimate of drug-likeness (QED) is 0.713. The van der Waals surface area contributed by atoms with Crippen LogP contribution in [0.5, 0.6) is 5.75 Å². The van der Waals surface area contributed by atoms with Crippen LogP contribution in [-0.2, 0) is 6.54 Å². The van der Waals surface area contributed by atoms with Gasteiger partial charge in [-0.25, -0.2) is 4.98 Å². The van der Waals surface area contributed by atoms with Gasteiger partial charge in [0.05, 0.1) is 29.7 Å². The van der Waals surface area contributed by atoms with E-state index in [0.717, 1.165) is 43.2 Å². The molecular formula is C21H25ClN4O2. The van der Waals surface area contributed by atoms with Gasteiger partial charge in [0.15, 0.2) is 0 Å². The number of aromatic nitrogens is 2. The maximum absolute atomic E-state index is 13.4. The fourth-order valence-electron chi connectivity index (χ4n) is 3.52. The van der Waals surface area contributed by atoms with E-state index >= 15 is 0 Å². The zero-order valence-corrected chi connectivity index (χ0v) is 16.7. The fourth-order valence-corrected chi connectivity index (χ4v) is 3.52. The molecule has 0 amide bonds. The second kappa shape index (κ2) is 9.19. The number of para-hydroxylation sites is 3. The van der Waals surface area contributed by atoms with E-state index < -0.39 is 0 Å². The average Bonchev–Trinajstić information content (AvgIpc) is 2.70. The molecule has 6 nitrogen and oxygen atoms in total. The minimum Gasteiger partial charge on any atom is -0.492 e. The summed E-state index contributed by atoms with van der Waals surface area (Å²) in [6, 6.07) is 15.2. The third kappa shape index (κ3) is 4.04. The van der Waals surface area contributed by atoms with Crippen molar-refractivity contribution < 1.29 is 4.74 Å². The molecule has 0 saturated carbocycles. The number of halogens is 1. The van der Waals surface area contributed by atoms with Crippen molar-refractivity contribution in [3.05, 3.63) is 64.7 Å². The van der Waals surface area contributed by atoms with E-state index in [4.69, 9.17) is 9.72 Å². The Morgan fingerprint density at radius 2 is 1.79 bits per heavy atom. The van der Waals surface area contributed by atoms with Crippen LogP contribution < -0.4 is 15.6 Å². The minimum absolute atomic E-state index is 0. The molecule has 1 saturated heterocycles. The number of ether oxygens (including phenoxy) is 1. The number of nitrogens with one attached hydrogen (secondary N) is 1. The van der Waals surface area contributed by atoms with Crippen molar-refractivity contribution >= 4 is 23.3 Å². The van der Waals surface area contributed by atoms with E-state index in [9.17, 15) is 4.79 Å². The number of benzene rings is 2. The fraction of sp³-hybridized carbons (Fsp3) is 0.333. The van der Waals surface area contributed by atoms with E-state index in [1.54, 1.807) is 4.57 Å². The monoisotopic (exact) mass is 400 g/mol. The number of hydrogen-bond acceptors (Lipinski definition) is 5. The molecule has 1 aliphatic rings. The predicted octanol–water partition coefficient (Wildman–Crippen LogP) is 2.61. The lowest BCUT2D eigenvalue weighted by Gasteiger charge is -2.28. The second-order valence-electron chi connectivity index (χ2n) is 6.61. The van der Waals surface area contributed by atoms with Crippen molar-refractivity contribution in [3.8, 4) is 11.4 Å². The van der Waals surface area contributed by atoms with E-state index in [1.165, 1.54) is 0 Å². The molecular weight excluding hydrogens is 376 g/mol. The van der Waals surface area contributed by atoms with Gasteiger partial charge in [0.25, 0.3) is 5.56 Å². The van der Waals surface area contributed by atoms with Crippen molar-refractivity contribution in [1.82, 2.24) is 19.8 Å². The minimum atomic E-state index is -0.0575. The lowest BCUT2D eigenvalue weighted by Crippen LogP contribution is -2.44. The topological polar surface area (TPSA) is 59.4 Å². The smallest absolute Gasteiger partial charge is 0.266 e. The summed E-state index contributed by atoms with van der Waals surface area (Å²) in [6.07, 6.45) is 0. The van der Waals surface area contributed by atoms with Crippen molar-refractivity contribution in [3.63, 3.8) is 0 Å². The molecule has 0 spiro atoms. The average molecular weight is 401 g/mol. The number of piperazine rings is 1. The standard InChI is InChI=1S/C21H24N4O2.ClH/c1-2-27-19-10-6-5-9-18(19)25-20(15-24-13-11-22-12-14-24)23-17-8-4-3-7-16(17)21(25)26;/h3-10,22H,2,11-15H2,1H3;1H. The van der Waals surface area contributed by atoms with Gasteiger partial charge in [0, 0.05) is 26.2 Å². The maximum atomic E-state index is 13.4. The highest BCUT2D eigenvalue weighted by Crippen LogP contribution is 2.24. The first-order valence-electron chi connectivity index (χ1n) is 9.44. The third-order valence-electron chi connectivity index (χ3n) is 4.83. The summed E-state index contributed by atoms with van der Waals surface area (Å²) in [5.74, 6) is 1.44. The summed E-state index contributed by atoms with van der Waals surface area (Å²) >= 11 is 0. The van der Waals surface area contributed by atoms with Crippen LogP contribution in [0.2, 0.25) is 0 Å². The summed E-state index contributed by atoms with van der Waals surface area (Å²) in [6.45, 7) is 6.90. The highest BCUT2D eigenvalue weighted by molar-refractivity contribution is 5.85. The van der Waals surface area contributed by atoms with Crippen LogP contribution >= 0.6 is 12.4 Å². The van der Waals surface area contributed by atoms with Crippen LogP contribution in [0.15, 0.2) is 53.3 Å². The molecule has 3 aromatic rings. The Balaban J connectivity index is 0.00000225. The summed E-state index contributed by atoms with van der Waals surface area (Å²) in [4.78, 5) is 20.6. The molecule has 1 aliphatic heterocycles. The normalized spacial score (nSPS) is 14.6. The van der Waals surface area contributed by atoms with E-state index in [1.807, 2.05) is 55.5 Å². The largest absolute Gasteiger partial charge is 0.492 e. The van der Waals surface area contributed by atoms with Crippen molar-refractivity contribution in [2.24, 2.45) is 0 Å². The lowest BCUT2D eigenvalue weighted by atomic mass is 10.2. The van der Waals surface area contributed by atoms with E-state index in [0.29, 0.717) is 24.3 Å². The van der Waals surface area contributed by atoms with Crippen LogP contribution in [0, 0.1) is 0 Å². The van der Waals surface area contributed by atoms with Crippen LogP contribution in [0.3, 0.4) is 0 Å². The molecule has 0 radical (unpaired) electrons. The first-order valence-corrected chi connectivity index (χ1v) is 9.44. The molecule has 1 fully saturated rings. The Morgan fingerprint density at radius 1 is 1.07 bits per heavy atom. The number of nitrogens with zero attached hydrogens (tertiary/aromatic N) is 3. The third-order valence-corrected chi connectivity index (χ3v) is 4.83. The number of rotatable bonds is 5. The van der Waals surface area contributed by atoms with Gasteiger partial charge in [0.1, 0.15) is 11.6 Å². The Hall–Kier alpha value is -2.41. The molecule has 4 rings (SSSR count). The molecule has 2 heterocycles. The molecule has 1 N–H and O–H groups in total. The van der Waals surface area contributed by atoms with Gasteiger partial charge < -0.3 is 10.1 Å². The molecule has 0 atom stereocenters. The summed E-state index contributed by atoms with van der Waals surface area (Å²) in [5, 5.41) is 3.98. The van der Waals surface area contributed by atoms with Gasteiger partial charge in [-0.05, 0) is 31.2 Å². The lowest BCUT2D eigenvalue weighted by molar-refractivity contribution is 0.226. The second-order valence-corrected chi connectivity index (χ2v) is 6.61. The number of fused-ring (bicyclic) bond motifs is 1. The Labute approximate surface area is 170 Å². The molecule has 2 aromatic carbocycles. The first kappa shape index (κ1) is 20.3. The Morgan fingerprint density at radius 3 is 2.57 bits per heavy atom. The highest BCUT2D eigenvalue weighted by Gasteiger charge is 2.19. The van der Waals surface area contributed by atoms with Gasteiger partial charge >= 0.3 is 0 Å². The molecule has 1 aromatic heterocycles. The summed E-state index contributed by atoms with van der Waals surface area (Å²) in [5.41, 5.74) is 1.42. The molecule has 0 aliphatic carbocycles. The van der Waals surface area contributed by atoms with Crippen LogP contribution in [0.25, 0.3) is 16.6 Å². The summed E-state index contributed by atoms with van der Waals surface area (Å²) < 4.78 is 7.51. The Kier molecular flexibility index (Phi) is 6.67. The van der Waals surface area contributed by atoms with Gasteiger partial charge in [-0.1, -0.05) is 24.3 Å². The summed E-state index contributed by atoms with van der Waals surface area (Å²) in [7, 11) is 0. The van der Waals surface area contributed by atoms with Gasteiger partial charge in [-0.2, -0.15) is 0 Å². The molecule has 148 valence electrons. The van der Waals surface area contributed by atoms with Crippen LogP contribution in [-0.4, -0.2) is 47.2 Å². The maximum Gasteiger partial charge on any atom is 0.266 e. The highest BCUT2D eigenvalue weighted by atomic mass is 35.5. The van der Waals surface area contributed by atoms with Crippen molar-refractivity contribution in [2.75, 3.05) is 32.8 Å². The molecule has 28 heavy (non-hydrogen) atoms. The Bertz CT molecular complexity index is 999. The van der Waals surface area contributed by atoms with Gasteiger partial charge in [-0.3, -0.25) is 14.3 Å². The van der Waals surface area contributed by atoms with Gasteiger partial charge in [-0.15, -0.1) is 12.4 Å². The SMILES string of the molecule is CCOc1ccccc1-n1c(CN2CCNCC2)nc2ccccc2c1=O.Cl. The van der Waals surface area contributed by atoms with Gasteiger partial charge in [0.2, 0.25) is 0 Å². The first-order chi connectivity index (χ1) is 13.3. The van der Waals surface area contributed by atoms with E-state index in [-0.39, 0.29) is 18.0 Å².